The summed E-state index contributed by atoms with van der Waals surface area (Å²) in [5.41, 5.74) is 0.858. The molecule has 0 N–H and O–H groups in total. The molecule has 0 radical (unpaired) electrons. The highest BCUT2D eigenvalue weighted by molar-refractivity contribution is 5.76. The highest BCUT2D eigenvalue weighted by Crippen LogP contribution is 2.28. The van der Waals surface area contributed by atoms with Crippen molar-refractivity contribution in [2.75, 3.05) is 20.2 Å². The molecular weight excluding hydrogens is 294 g/mol. The Labute approximate surface area is 135 Å². The largest absolute Gasteiger partial charge is 0.497 e. The molecule has 2 heterocycles. The van der Waals surface area contributed by atoms with E-state index in [-0.39, 0.29) is 11.8 Å². The first-order valence-corrected chi connectivity index (χ1v) is 7.97. The van der Waals surface area contributed by atoms with Crippen LogP contribution in [-0.4, -0.2) is 41.1 Å². The van der Waals surface area contributed by atoms with Gasteiger partial charge >= 0.3 is 0 Å². The number of hydrogen-bond donors (Lipinski definition) is 0. The van der Waals surface area contributed by atoms with Crippen LogP contribution in [0.25, 0.3) is 11.4 Å². The number of benzene rings is 1. The van der Waals surface area contributed by atoms with Crippen molar-refractivity contribution in [3.63, 3.8) is 0 Å². The maximum Gasteiger partial charge on any atom is 0.231 e. The third kappa shape index (κ3) is 3.36. The Morgan fingerprint density at radius 1 is 1.48 bits per heavy atom. The summed E-state index contributed by atoms with van der Waals surface area (Å²) in [5, 5.41) is 4.08. The van der Waals surface area contributed by atoms with E-state index >= 15 is 0 Å². The van der Waals surface area contributed by atoms with Crippen molar-refractivity contribution >= 4 is 5.91 Å². The Kier molecular flexibility index (Phi) is 4.60. The van der Waals surface area contributed by atoms with Crippen LogP contribution in [0, 0.1) is 0 Å². The van der Waals surface area contributed by atoms with E-state index in [2.05, 4.69) is 10.1 Å². The minimum Gasteiger partial charge on any atom is -0.497 e. The van der Waals surface area contributed by atoms with Gasteiger partial charge in [0.15, 0.2) is 0 Å². The van der Waals surface area contributed by atoms with E-state index in [9.17, 15) is 4.79 Å². The zero-order chi connectivity index (χ0) is 16.2. The average molecular weight is 315 g/mol. The summed E-state index contributed by atoms with van der Waals surface area (Å²) in [6, 6.07) is 7.57. The zero-order valence-corrected chi connectivity index (χ0v) is 13.5. The number of piperidine rings is 1. The molecule has 1 aliphatic heterocycles. The molecule has 23 heavy (non-hydrogen) atoms. The summed E-state index contributed by atoms with van der Waals surface area (Å²) in [6.45, 7) is 3.37. The van der Waals surface area contributed by atoms with Crippen molar-refractivity contribution in [2.45, 2.75) is 32.1 Å². The predicted molar refractivity (Wildman–Crippen MR) is 85.1 cm³/mol. The number of ether oxygens (including phenoxy) is 1. The number of nitrogens with zero attached hydrogens (tertiary/aromatic N) is 3. The molecule has 0 unspecified atom stereocenters. The second kappa shape index (κ2) is 6.81. The lowest BCUT2D eigenvalue weighted by atomic mass is 9.97. The molecule has 122 valence electrons. The number of likely N-dealkylation sites (tertiary alicyclic amines) is 1. The molecule has 0 aliphatic carbocycles. The molecule has 1 aliphatic rings. The first-order valence-electron chi connectivity index (χ1n) is 7.97. The topological polar surface area (TPSA) is 68.5 Å². The van der Waals surface area contributed by atoms with Gasteiger partial charge in [-0.1, -0.05) is 24.2 Å². The summed E-state index contributed by atoms with van der Waals surface area (Å²) in [6.07, 6.45) is 2.46. The summed E-state index contributed by atoms with van der Waals surface area (Å²) < 4.78 is 10.7. The number of methoxy groups -OCH3 is 1. The normalized spacial score (nSPS) is 18.0. The summed E-state index contributed by atoms with van der Waals surface area (Å²) in [7, 11) is 1.63. The van der Waals surface area contributed by atoms with Crippen LogP contribution in [-0.2, 0) is 4.79 Å². The van der Waals surface area contributed by atoms with Gasteiger partial charge in [0.25, 0.3) is 0 Å². The van der Waals surface area contributed by atoms with Crippen molar-refractivity contribution in [2.24, 2.45) is 0 Å². The van der Waals surface area contributed by atoms with Crippen molar-refractivity contribution in [3.05, 3.63) is 30.2 Å². The van der Waals surface area contributed by atoms with Crippen LogP contribution in [0.4, 0.5) is 0 Å². The van der Waals surface area contributed by atoms with Gasteiger partial charge in [-0.3, -0.25) is 4.79 Å². The van der Waals surface area contributed by atoms with Gasteiger partial charge in [0, 0.05) is 25.1 Å². The molecule has 1 aromatic carbocycles. The van der Waals surface area contributed by atoms with E-state index in [0.717, 1.165) is 30.7 Å². The molecule has 1 saturated heterocycles. The molecule has 0 saturated carbocycles. The second-order valence-electron chi connectivity index (χ2n) is 5.72. The lowest BCUT2D eigenvalue weighted by Gasteiger charge is -2.30. The molecule has 1 amide bonds. The third-order valence-electron chi connectivity index (χ3n) is 4.20. The van der Waals surface area contributed by atoms with Gasteiger partial charge in [-0.05, 0) is 25.0 Å². The predicted octanol–water partition coefficient (Wildman–Crippen LogP) is 2.86. The monoisotopic (exact) mass is 315 g/mol. The van der Waals surface area contributed by atoms with Crippen LogP contribution in [0.3, 0.4) is 0 Å². The van der Waals surface area contributed by atoms with Gasteiger partial charge in [-0.15, -0.1) is 0 Å². The quantitative estimate of drug-likeness (QED) is 0.868. The Morgan fingerprint density at radius 3 is 3.13 bits per heavy atom. The highest BCUT2D eigenvalue weighted by Gasteiger charge is 2.28. The van der Waals surface area contributed by atoms with E-state index in [1.54, 1.807) is 7.11 Å². The zero-order valence-electron chi connectivity index (χ0n) is 13.5. The molecule has 6 heteroatoms. The smallest absolute Gasteiger partial charge is 0.231 e. The van der Waals surface area contributed by atoms with Crippen LogP contribution in [0.1, 0.15) is 38.0 Å². The van der Waals surface area contributed by atoms with Crippen molar-refractivity contribution in [1.29, 1.82) is 0 Å². The Morgan fingerprint density at radius 2 is 2.35 bits per heavy atom. The lowest BCUT2D eigenvalue weighted by molar-refractivity contribution is -0.132. The highest BCUT2D eigenvalue weighted by atomic mass is 16.5. The van der Waals surface area contributed by atoms with E-state index in [4.69, 9.17) is 9.26 Å². The van der Waals surface area contributed by atoms with Gasteiger partial charge < -0.3 is 14.2 Å². The number of hydrogen-bond acceptors (Lipinski definition) is 5. The van der Waals surface area contributed by atoms with Gasteiger partial charge in [0.05, 0.1) is 13.0 Å². The molecular formula is C17H21N3O3. The van der Waals surface area contributed by atoms with Gasteiger partial charge in [0.1, 0.15) is 5.75 Å². The van der Waals surface area contributed by atoms with Crippen LogP contribution < -0.4 is 4.74 Å². The standard InChI is InChI=1S/C17H21N3O3/c1-3-15(21)20-9-5-7-13(11-20)17-18-16(19-23-17)12-6-4-8-14(10-12)22-2/h4,6,8,10,13H,3,5,7,9,11H2,1-2H3/t13-/m0/s1. The SMILES string of the molecule is CCC(=O)N1CCC[C@H](c2nc(-c3cccc(OC)c3)no2)C1. The van der Waals surface area contributed by atoms with Gasteiger partial charge in [0.2, 0.25) is 17.6 Å². The fourth-order valence-electron chi connectivity index (χ4n) is 2.91. The van der Waals surface area contributed by atoms with E-state index in [0.29, 0.717) is 24.7 Å². The van der Waals surface area contributed by atoms with Crippen LogP contribution in [0.15, 0.2) is 28.8 Å². The molecule has 1 atom stereocenters. The Balaban J connectivity index is 1.77. The maximum absolute atomic E-state index is 11.9. The molecule has 6 nitrogen and oxygen atoms in total. The molecule has 2 aromatic rings. The number of carbonyl (C=O) groups is 1. The minimum absolute atomic E-state index is 0.117. The van der Waals surface area contributed by atoms with Gasteiger partial charge in [-0.25, -0.2) is 0 Å². The fraction of sp³-hybridized carbons (Fsp3) is 0.471. The maximum atomic E-state index is 11.9. The number of amides is 1. The van der Waals surface area contributed by atoms with Crippen molar-refractivity contribution in [3.8, 4) is 17.1 Å². The number of rotatable bonds is 4. The van der Waals surface area contributed by atoms with Crippen LogP contribution in [0.5, 0.6) is 5.75 Å². The first kappa shape index (κ1) is 15.5. The average Bonchev–Trinajstić information content (AvgIpc) is 3.11. The second-order valence-corrected chi connectivity index (χ2v) is 5.72. The number of aromatic nitrogens is 2. The first-order chi connectivity index (χ1) is 11.2. The summed E-state index contributed by atoms with van der Waals surface area (Å²) in [4.78, 5) is 18.3. The third-order valence-corrected chi connectivity index (χ3v) is 4.20. The Bertz CT molecular complexity index is 683. The van der Waals surface area contributed by atoms with E-state index < -0.39 is 0 Å². The number of carbonyl (C=O) groups excluding carboxylic acids is 1. The van der Waals surface area contributed by atoms with Crippen LogP contribution >= 0.6 is 0 Å². The summed E-state index contributed by atoms with van der Waals surface area (Å²) >= 11 is 0. The van der Waals surface area contributed by atoms with Gasteiger partial charge in [-0.2, -0.15) is 4.98 Å². The minimum atomic E-state index is 0.117. The molecule has 1 fully saturated rings. The van der Waals surface area contributed by atoms with Crippen LogP contribution in [0.2, 0.25) is 0 Å². The molecule has 0 spiro atoms. The van der Waals surface area contributed by atoms with Crippen molar-refractivity contribution < 1.29 is 14.1 Å². The fourth-order valence-corrected chi connectivity index (χ4v) is 2.91. The lowest BCUT2D eigenvalue weighted by Crippen LogP contribution is -2.38. The van der Waals surface area contributed by atoms with Crippen molar-refractivity contribution in [1.82, 2.24) is 15.0 Å². The summed E-state index contributed by atoms with van der Waals surface area (Å²) in [5.74, 6) is 2.22. The van der Waals surface area contributed by atoms with E-state index in [1.807, 2.05) is 36.1 Å². The Hall–Kier alpha value is -2.37. The molecule has 0 bridgehead atoms. The molecule has 1 aromatic heterocycles. The van der Waals surface area contributed by atoms with E-state index in [1.165, 1.54) is 0 Å². The molecule has 3 rings (SSSR count).